The Labute approximate surface area is 129 Å². The van der Waals surface area contributed by atoms with Gasteiger partial charge in [-0.1, -0.05) is 12.1 Å². The average molecular weight is 306 g/mol. The molecule has 0 atom stereocenters. The monoisotopic (exact) mass is 305 g/mol. The summed E-state index contributed by atoms with van der Waals surface area (Å²) < 4.78 is 14.1. The number of hydrogen-bond acceptors (Lipinski definition) is 3. The van der Waals surface area contributed by atoms with Crippen LogP contribution in [0, 0.1) is 5.82 Å². The first-order chi connectivity index (χ1) is 10.3. The highest BCUT2D eigenvalue weighted by atomic mass is 35.5. The molecule has 0 saturated carbocycles. The predicted molar refractivity (Wildman–Crippen MR) is 84.6 cm³/mol. The molecule has 1 aliphatic heterocycles. The van der Waals surface area contributed by atoms with Crippen molar-refractivity contribution in [2.24, 2.45) is 0 Å². The standard InChI is InChI=1S/C16H17ClFN3/c17-12-13-4-5-15(14(18)11-13)20-7-9-21(10-8-20)16-3-1-2-6-19-16/h1-6,11H,7-10,12H2. The molecule has 1 saturated heterocycles. The van der Waals surface area contributed by atoms with Gasteiger partial charge in [0.15, 0.2) is 0 Å². The van der Waals surface area contributed by atoms with Crippen molar-refractivity contribution in [1.29, 1.82) is 0 Å². The van der Waals surface area contributed by atoms with Crippen LogP contribution in [0.3, 0.4) is 0 Å². The minimum Gasteiger partial charge on any atom is -0.366 e. The molecule has 21 heavy (non-hydrogen) atoms. The normalized spacial score (nSPS) is 15.3. The fourth-order valence-electron chi connectivity index (χ4n) is 2.61. The second-order valence-electron chi connectivity index (χ2n) is 5.08. The number of rotatable bonds is 3. The molecule has 2 aromatic rings. The summed E-state index contributed by atoms with van der Waals surface area (Å²) in [7, 11) is 0. The maximum Gasteiger partial charge on any atom is 0.146 e. The number of benzene rings is 1. The lowest BCUT2D eigenvalue weighted by Crippen LogP contribution is -2.47. The van der Waals surface area contributed by atoms with Crippen molar-refractivity contribution < 1.29 is 4.39 Å². The summed E-state index contributed by atoms with van der Waals surface area (Å²) in [5, 5.41) is 0. The van der Waals surface area contributed by atoms with E-state index in [0.717, 1.165) is 37.6 Å². The van der Waals surface area contributed by atoms with E-state index >= 15 is 0 Å². The van der Waals surface area contributed by atoms with Gasteiger partial charge in [0.1, 0.15) is 11.6 Å². The van der Waals surface area contributed by atoms with Gasteiger partial charge in [0.25, 0.3) is 0 Å². The van der Waals surface area contributed by atoms with Gasteiger partial charge in [-0.05, 0) is 29.8 Å². The zero-order chi connectivity index (χ0) is 14.7. The van der Waals surface area contributed by atoms with Crippen molar-refractivity contribution in [2.75, 3.05) is 36.0 Å². The third kappa shape index (κ3) is 3.10. The van der Waals surface area contributed by atoms with Gasteiger partial charge in [0.05, 0.1) is 5.69 Å². The van der Waals surface area contributed by atoms with Crippen molar-refractivity contribution in [3.63, 3.8) is 0 Å². The van der Waals surface area contributed by atoms with Crippen LogP contribution in [0.1, 0.15) is 5.56 Å². The lowest BCUT2D eigenvalue weighted by atomic mass is 10.2. The predicted octanol–water partition coefficient (Wildman–Crippen LogP) is 3.29. The highest BCUT2D eigenvalue weighted by Gasteiger charge is 2.20. The Morgan fingerprint density at radius 1 is 1.05 bits per heavy atom. The van der Waals surface area contributed by atoms with Gasteiger partial charge in [-0.25, -0.2) is 9.37 Å². The van der Waals surface area contributed by atoms with Gasteiger partial charge < -0.3 is 9.80 Å². The van der Waals surface area contributed by atoms with Gasteiger partial charge in [-0.15, -0.1) is 11.6 Å². The zero-order valence-electron chi connectivity index (χ0n) is 11.7. The van der Waals surface area contributed by atoms with Gasteiger partial charge in [-0.2, -0.15) is 0 Å². The fraction of sp³-hybridized carbons (Fsp3) is 0.312. The van der Waals surface area contributed by atoms with Crippen LogP contribution < -0.4 is 9.80 Å². The van der Waals surface area contributed by atoms with Crippen molar-refractivity contribution in [2.45, 2.75) is 5.88 Å². The van der Waals surface area contributed by atoms with Crippen molar-refractivity contribution in [3.05, 3.63) is 54.0 Å². The summed E-state index contributed by atoms with van der Waals surface area (Å²) in [6.07, 6.45) is 1.80. The van der Waals surface area contributed by atoms with Crippen LogP contribution in [0.25, 0.3) is 0 Å². The molecule has 0 aliphatic carbocycles. The molecule has 5 heteroatoms. The lowest BCUT2D eigenvalue weighted by molar-refractivity contribution is 0.595. The van der Waals surface area contributed by atoms with Gasteiger partial charge in [0.2, 0.25) is 0 Å². The molecule has 0 bridgehead atoms. The first kappa shape index (κ1) is 14.1. The summed E-state index contributed by atoms with van der Waals surface area (Å²) >= 11 is 5.73. The largest absolute Gasteiger partial charge is 0.366 e. The summed E-state index contributed by atoms with van der Waals surface area (Å²) in [4.78, 5) is 8.66. The molecule has 1 aromatic carbocycles. The molecule has 2 heterocycles. The minimum absolute atomic E-state index is 0.195. The molecule has 3 nitrogen and oxygen atoms in total. The minimum atomic E-state index is -0.195. The molecule has 0 N–H and O–H groups in total. The second kappa shape index (κ2) is 6.31. The first-order valence-corrected chi connectivity index (χ1v) is 7.56. The molecule has 0 amide bonds. The summed E-state index contributed by atoms with van der Waals surface area (Å²) in [5.74, 6) is 1.12. The van der Waals surface area contributed by atoms with Crippen LogP contribution in [-0.4, -0.2) is 31.2 Å². The number of pyridine rings is 1. The zero-order valence-corrected chi connectivity index (χ0v) is 12.4. The quantitative estimate of drug-likeness (QED) is 0.811. The molecular weight excluding hydrogens is 289 g/mol. The van der Waals surface area contributed by atoms with Crippen LogP contribution in [0.4, 0.5) is 15.9 Å². The first-order valence-electron chi connectivity index (χ1n) is 7.03. The van der Waals surface area contributed by atoms with Gasteiger partial charge in [0, 0.05) is 38.3 Å². The number of nitrogens with zero attached hydrogens (tertiary/aromatic N) is 3. The van der Waals surface area contributed by atoms with Crippen molar-refractivity contribution in [1.82, 2.24) is 4.98 Å². The Balaban J connectivity index is 1.68. The Morgan fingerprint density at radius 2 is 1.81 bits per heavy atom. The summed E-state index contributed by atoms with van der Waals surface area (Å²) in [6.45, 7) is 3.25. The third-order valence-electron chi connectivity index (χ3n) is 3.76. The molecule has 1 aliphatic rings. The van der Waals surface area contributed by atoms with Crippen LogP contribution >= 0.6 is 11.6 Å². The fourth-order valence-corrected chi connectivity index (χ4v) is 2.77. The van der Waals surface area contributed by atoms with E-state index in [4.69, 9.17) is 11.6 Å². The van der Waals surface area contributed by atoms with Crippen LogP contribution in [0.15, 0.2) is 42.6 Å². The topological polar surface area (TPSA) is 19.4 Å². The van der Waals surface area contributed by atoms with E-state index in [2.05, 4.69) is 14.8 Å². The Bertz CT molecular complexity index is 598. The summed E-state index contributed by atoms with van der Waals surface area (Å²) in [5.41, 5.74) is 1.47. The highest BCUT2D eigenvalue weighted by molar-refractivity contribution is 6.17. The molecule has 1 aromatic heterocycles. The van der Waals surface area contributed by atoms with E-state index in [1.807, 2.05) is 30.3 Å². The maximum absolute atomic E-state index is 14.1. The number of alkyl halides is 1. The smallest absolute Gasteiger partial charge is 0.146 e. The van der Waals surface area contributed by atoms with Gasteiger partial charge >= 0.3 is 0 Å². The van der Waals surface area contributed by atoms with E-state index in [1.54, 1.807) is 6.20 Å². The maximum atomic E-state index is 14.1. The highest BCUT2D eigenvalue weighted by Crippen LogP contribution is 2.23. The molecule has 0 spiro atoms. The number of halogens is 2. The number of hydrogen-bond donors (Lipinski definition) is 0. The SMILES string of the molecule is Fc1cc(CCl)ccc1N1CCN(c2ccccn2)CC1. The van der Waals surface area contributed by atoms with Crippen molar-refractivity contribution in [3.8, 4) is 0 Å². The average Bonchev–Trinajstić information content (AvgIpc) is 2.56. The van der Waals surface area contributed by atoms with Gasteiger partial charge in [-0.3, -0.25) is 0 Å². The molecular formula is C16H17ClFN3. The Kier molecular flexibility index (Phi) is 4.25. The second-order valence-corrected chi connectivity index (χ2v) is 5.35. The van der Waals surface area contributed by atoms with Crippen LogP contribution in [0.5, 0.6) is 0 Å². The van der Waals surface area contributed by atoms with E-state index in [1.165, 1.54) is 6.07 Å². The molecule has 0 radical (unpaired) electrons. The van der Waals surface area contributed by atoms with Crippen molar-refractivity contribution >= 4 is 23.1 Å². The van der Waals surface area contributed by atoms with E-state index in [0.29, 0.717) is 11.6 Å². The Hall–Kier alpha value is -1.81. The van der Waals surface area contributed by atoms with E-state index in [-0.39, 0.29) is 5.82 Å². The molecule has 3 rings (SSSR count). The van der Waals surface area contributed by atoms with Crippen LogP contribution in [0.2, 0.25) is 0 Å². The molecule has 1 fully saturated rings. The molecule has 110 valence electrons. The Morgan fingerprint density at radius 3 is 2.43 bits per heavy atom. The lowest BCUT2D eigenvalue weighted by Gasteiger charge is -2.36. The third-order valence-corrected chi connectivity index (χ3v) is 4.07. The number of anilines is 2. The number of aromatic nitrogens is 1. The number of piperazine rings is 1. The van der Waals surface area contributed by atoms with E-state index in [9.17, 15) is 4.39 Å². The van der Waals surface area contributed by atoms with Crippen LogP contribution in [-0.2, 0) is 5.88 Å². The summed E-state index contributed by atoms with van der Waals surface area (Å²) in [6, 6.07) is 11.1. The molecule has 0 unspecified atom stereocenters. The van der Waals surface area contributed by atoms with E-state index < -0.39 is 0 Å².